The average molecular weight is 350 g/mol. The maximum atomic E-state index is 5.96. The van der Waals surface area contributed by atoms with Gasteiger partial charge in [0.25, 0.3) is 0 Å². The van der Waals surface area contributed by atoms with Gasteiger partial charge in [0.2, 0.25) is 5.95 Å². The Morgan fingerprint density at radius 2 is 2.00 bits per heavy atom. The van der Waals surface area contributed by atoms with Gasteiger partial charge < -0.3 is 10.6 Å². The molecule has 1 atom stereocenters. The van der Waals surface area contributed by atoms with Crippen molar-refractivity contribution in [1.82, 2.24) is 19.7 Å². The molecule has 6 heteroatoms. The normalized spacial score (nSPS) is 18.0. The Morgan fingerprint density at radius 3 is 2.81 bits per heavy atom. The lowest BCUT2D eigenvalue weighted by molar-refractivity contribution is 0.495. The molecule has 0 spiro atoms. The highest BCUT2D eigenvalue weighted by molar-refractivity contribution is 5.82. The van der Waals surface area contributed by atoms with E-state index in [0.29, 0.717) is 17.8 Å². The predicted octanol–water partition coefficient (Wildman–Crippen LogP) is 3.45. The van der Waals surface area contributed by atoms with E-state index in [1.54, 1.807) is 0 Å². The molecular formula is C20H26N6. The molecule has 26 heavy (non-hydrogen) atoms. The summed E-state index contributed by atoms with van der Waals surface area (Å²) in [5, 5.41) is 6.09. The molecule has 1 aliphatic rings. The van der Waals surface area contributed by atoms with Gasteiger partial charge in [-0.15, -0.1) is 0 Å². The van der Waals surface area contributed by atoms with Gasteiger partial charge >= 0.3 is 0 Å². The fraction of sp³-hybridized carbons (Fsp3) is 0.450. The first-order valence-corrected chi connectivity index (χ1v) is 9.34. The molecular weight excluding hydrogens is 324 g/mol. The monoisotopic (exact) mass is 350 g/mol. The number of rotatable bonds is 3. The molecule has 2 N–H and O–H groups in total. The van der Waals surface area contributed by atoms with Crippen LogP contribution in [0.2, 0.25) is 0 Å². The summed E-state index contributed by atoms with van der Waals surface area (Å²) in [5.41, 5.74) is 9.34. The van der Waals surface area contributed by atoms with Gasteiger partial charge in [-0.05, 0) is 24.8 Å². The molecule has 4 rings (SSSR count). The molecule has 0 radical (unpaired) electrons. The summed E-state index contributed by atoms with van der Waals surface area (Å²) in [4.78, 5) is 11.2. The molecule has 136 valence electrons. The summed E-state index contributed by atoms with van der Waals surface area (Å²) in [6.45, 7) is 6.17. The predicted molar refractivity (Wildman–Crippen MR) is 105 cm³/mol. The third kappa shape index (κ3) is 3.00. The number of aromatic nitrogens is 4. The fourth-order valence-corrected chi connectivity index (χ4v) is 3.88. The van der Waals surface area contributed by atoms with Crippen LogP contribution < -0.4 is 10.6 Å². The van der Waals surface area contributed by atoms with E-state index in [0.717, 1.165) is 37.4 Å². The van der Waals surface area contributed by atoms with Crippen molar-refractivity contribution in [3.63, 3.8) is 0 Å². The Morgan fingerprint density at radius 1 is 1.19 bits per heavy atom. The minimum absolute atomic E-state index is 0.333. The Balaban J connectivity index is 1.66. The van der Waals surface area contributed by atoms with Crippen molar-refractivity contribution in [1.29, 1.82) is 0 Å². The van der Waals surface area contributed by atoms with Crippen LogP contribution in [-0.4, -0.2) is 32.8 Å². The molecule has 1 fully saturated rings. The number of nitrogens with two attached hydrogens (primary N) is 1. The van der Waals surface area contributed by atoms with E-state index < -0.39 is 0 Å². The van der Waals surface area contributed by atoms with Crippen LogP contribution in [0.4, 0.5) is 11.8 Å². The number of anilines is 2. The first kappa shape index (κ1) is 16.8. The maximum absolute atomic E-state index is 5.96. The lowest BCUT2D eigenvalue weighted by Crippen LogP contribution is -2.35. The number of nitrogen functional groups attached to an aromatic ring is 1. The van der Waals surface area contributed by atoms with E-state index in [2.05, 4.69) is 59.0 Å². The van der Waals surface area contributed by atoms with E-state index in [9.17, 15) is 0 Å². The SMILES string of the molecule is CC(C)c1cc(N2CCCC(c3nn(C)c4ccccc34)C2)nc(N)n1. The zero-order chi connectivity index (χ0) is 18.3. The third-order valence-electron chi connectivity index (χ3n) is 5.26. The van der Waals surface area contributed by atoms with Crippen molar-refractivity contribution >= 4 is 22.7 Å². The number of hydrogen-bond donors (Lipinski definition) is 1. The Hall–Kier alpha value is -2.63. The summed E-state index contributed by atoms with van der Waals surface area (Å²) >= 11 is 0. The highest BCUT2D eigenvalue weighted by Crippen LogP contribution is 2.33. The van der Waals surface area contributed by atoms with Gasteiger partial charge in [-0.1, -0.05) is 32.0 Å². The second kappa shape index (κ2) is 6.59. The van der Waals surface area contributed by atoms with Crippen LogP contribution in [0.25, 0.3) is 10.9 Å². The Labute approximate surface area is 154 Å². The molecule has 1 aromatic carbocycles. The number of fused-ring (bicyclic) bond motifs is 1. The van der Waals surface area contributed by atoms with Gasteiger partial charge in [0.05, 0.1) is 16.9 Å². The van der Waals surface area contributed by atoms with Crippen LogP contribution in [0.1, 0.15) is 49.9 Å². The van der Waals surface area contributed by atoms with Crippen LogP contribution >= 0.6 is 0 Å². The molecule has 0 saturated carbocycles. The number of nitrogens with zero attached hydrogens (tertiary/aromatic N) is 5. The van der Waals surface area contributed by atoms with Gasteiger partial charge in [-0.2, -0.15) is 10.1 Å². The van der Waals surface area contributed by atoms with Crippen molar-refractivity contribution in [3.05, 3.63) is 41.7 Å². The van der Waals surface area contributed by atoms with Crippen LogP contribution in [0, 0.1) is 0 Å². The number of aryl methyl sites for hydroxylation is 1. The third-order valence-corrected chi connectivity index (χ3v) is 5.26. The summed E-state index contributed by atoms with van der Waals surface area (Å²) in [6.07, 6.45) is 2.27. The quantitative estimate of drug-likeness (QED) is 0.783. The molecule has 6 nitrogen and oxygen atoms in total. The molecule has 1 unspecified atom stereocenters. The molecule has 2 aromatic heterocycles. The van der Waals surface area contributed by atoms with Crippen LogP contribution in [0.3, 0.4) is 0 Å². The summed E-state index contributed by atoms with van der Waals surface area (Å²) in [7, 11) is 2.02. The fourth-order valence-electron chi connectivity index (χ4n) is 3.88. The van der Waals surface area contributed by atoms with Gasteiger partial charge in [0.1, 0.15) is 5.82 Å². The van der Waals surface area contributed by atoms with E-state index in [1.807, 2.05) is 11.7 Å². The highest BCUT2D eigenvalue weighted by Gasteiger charge is 2.26. The highest BCUT2D eigenvalue weighted by atomic mass is 15.3. The van der Waals surface area contributed by atoms with E-state index in [-0.39, 0.29) is 0 Å². The smallest absolute Gasteiger partial charge is 0.222 e. The minimum Gasteiger partial charge on any atom is -0.368 e. The molecule has 0 aliphatic carbocycles. The number of hydrogen-bond acceptors (Lipinski definition) is 5. The van der Waals surface area contributed by atoms with Gasteiger partial charge in [0, 0.05) is 37.5 Å². The largest absolute Gasteiger partial charge is 0.368 e. The zero-order valence-corrected chi connectivity index (χ0v) is 15.7. The Kier molecular flexibility index (Phi) is 4.26. The van der Waals surface area contributed by atoms with E-state index in [4.69, 9.17) is 10.8 Å². The molecule has 3 heterocycles. The standard InChI is InChI=1S/C20H26N6/c1-13(2)16-11-18(23-20(21)22-16)26-10-6-7-14(12-26)19-15-8-4-5-9-17(15)25(3)24-19/h4-5,8-9,11,13-14H,6-7,10,12H2,1-3H3,(H2,21,22,23). The van der Waals surface area contributed by atoms with Crippen LogP contribution in [0.15, 0.2) is 30.3 Å². The molecule has 3 aromatic rings. The number of piperidine rings is 1. The van der Waals surface area contributed by atoms with Gasteiger partial charge in [-0.25, -0.2) is 4.98 Å². The van der Waals surface area contributed by atoms with Crippen molar-refractivity contribution in [2.75, 3.05) is 23.7 Å². The zero-order valence-electron chi connectivity index (χ0n) is 15.7. The lowest BCUT2D eigenvalue weighted by atomic mass is 9.92. The van der Waals surface area contributed by atoms with Crippen molar-refractivity contribution in [3.8, 4) is 0 Å². The topological polar surface area (TPSA) is 72.9 Å². The second-order valence-corrected chi connectivity index (χ2v) is 7.48. The van der Waals surface area contributed by atoms with E-state index in [1.165, 1.54) is 16.6 Å². The number of para-hydroxylation sites is 1. The van der Waals surface area contributed by atoms with Crippen LogP contribution in [-0.2, 0) is 7.05 Å². The summed E-state index contributed by atoms with van der Waals surface area (Å²) < 4.78 is 1.99. The van der Waals surface area contributed by atoms with Crippen molar-refractivity contribution < 1.29 is 0 Å². The summed E-state index contributed by atoms with van der Waals surface area (Å²) in [6, 6.07) is 10.6. The van der Waals surface area contributed by atoms with Crippen LogP contribution in [0.5, 0.6) is 0 Å². The minimum atomic E-state index is 0.333. The number of benzene rings is 1. The van der Waals surface area contributed by atoms with Gasteiger partial charge in [-0.3, -0.25) is 4.68 Å². The Bertz CT molecular complexity index is 929. The summed E-state index contributed by atoms with van der Waals surface area (Å²) in [5.74, 6) is 2.02. The first-order valence-electron chi connectivity index (χ1n) is 9.34. The second-order valence-electron chi connectivity index (χ2n) is 7.48. The average Bonchev–Trinajstić information content (AvgIpc) is 2.98. The molecule has 1 aliphatic heterocycles. The molecule has 1 saturated heterocycles. The van der Waals surface area contributed by atoms with Gasteiger partial charge in [0.15, 0.2) is 0 Å². The lowest BCUT2D eigenvalue weighted by Gasteiger charge is -2.33. The van der Waals surface area contributed by atoms with E-state index >= 15 is 0 Å². The van der Waals surface area contributed by atoms with Crippen molar-refractivity contribution in [2.45, 2.75) is 38.5 Å². The molecule has 0 amide bonds. The maximum Gasteiger partial charge on any atom is 0.222 e. The van der Waals surface area contributed by atoms with Crippen molar-refractivity contribution in [2.24, 2.45) is 7.05 Å². The molecule has 0 bridgehead atoms. The first-order chi connectivity index (χ1) is 12.5.